The number of carbonyl (C=O) groups is 1. The number of anilines is 2. The van der Waals surface area contributed by atoms with Crippen LogP contribution in [0.5, 0.6) is 0 Å². The molecule has 1 aliphatic rings. The lowest BCUT2D eigenvalue weighted by Gasteiger charge is -2.16. The van der Waals surface area contributed by atoms with Gasteiger partial charge in [0, 0.05) is 31.8 Å². The van der Waals surface area contributed by atoms with Crippen LogP contribution in [0.2, 0.25) is 0 Å². The first kappa shape index (κ1) is 15.9. The summed E-state index contributed by atoms with van der Waals surface area (Å²) in [6, 6.07) is 3.76. The summed E-state index contributed by atoms with van der Waals surface area (Å²) in [4.78, 5) is 22.9. The van der Waals surface area contributed by atoms with E-state index in [2.05, 4.69) is 15.3 Å². The molecule has 122 valence electrons. The Labute approximate surface area is 139 Å². The van der Waals surface area contributed by atoms with Crippen molar-refractivity contribution in [3.63, 3.8) is 0 Å². The van der Waals surface area contributed by atoms with Gasteiger partial charge in [0.2, 0.25) is 0 Å². The summed E-state index contributed by atoms with van der Waals surface area (Å²) in [5.74, 6) is 0.406. The third kappa shape index (κ3) is 3.86. The number of ether oxygens (including phenoxy) is 1. The van der Waals surface area contributed by atoms with Crippen LogP contribution < -0.4 is 5.32 Å². The number of pyridine rings is 1. The van der Waals surface area contributed by atoms with Crippen molar-refractivity contribution in [2.45, 2.75) is 13.3 Å². The quantitative estimate of drug-likeness (QED) is 0.881. The number of hydrogen-bond donors (Lipinski definition) is 1. The molecule has 1 saturated heterocycles. The highest BCUT2D eigenvalue weighted by atomic mass is 32.1. The Kier molecular flexibility index (Phi) is 5.19. The van der Waals surface area contributed by atoms with Gasteiger partial charge in [-0.25, -0.2) is 4.98 Å². The minimum Gasteiger partial charge on any atom is -0.381 e. The SMILES string of the molecule is CCOC[C@H]1CCN(C(=O)c2ncsc2Nc2cccnc2)C1. The summed E-state index contributed by atoms with van der Waals surface area (Å²) in [6.07, 6.45) is 4.43. The Morgan fingerprint density at radius 2 is 2.48 bits per heavy atom. The van der Waals surface area contributed by atoms with Gasteiger partial charge < -0.3 is 15.0 Å². The molecule has 0 unspecified atom stereocenters. The van der Waals surface area contributed by atoms with E-state index < -0.39 is 0 Å². The first-order valence-corrected chi connectivity index (χ1v) is 8.63. The summed E-state index contributed by atoms with van der Waals surface area (Å²) in [5, 5.41) is 3.98. The van der Waals surface area contributed by atoms with Crippen molar-refractivity contribution in [2.75, 3.05) is 31.6 Å². The first-order valence-electron chi connectivity index (χ1n) is 7.75. The third-order valence-electron chi connectivity index (χ3n) is 3.82. The number of nitrogens with one attached hydrogen (secondary N) is 1. The fourth-order valence-electron chi connectivity index (χ4n) is 2.64. The normalized spacial score (nSPS) is 17.4. The Balaban J connectivity index is 1.66. The topological polar surface area (TPSA) is 67.3 Å². The third-order valence-corrected chi connectivity index (χ3v) is 4.56. The summed E-state index contributed by atoms with van der Waals surface area (Å²) in [6.45, 7) is 4.93. The van der Waals surface area contributed by atoms with Gasteiger partial charge in [-0.3, -0.25) is 9.78 Å². The standard InChI is InChI=1S/C16H20N4O2S/c1-2-22-10-12-5-7-20(9-12)16(21)14-15(23-11-18-14)19-13-4-3-6-17-8-13/h3-4,6,8,11-12,19H,2,5,7,9-10H2,1H3/t12-/m0/s1. The van der Waals surface area contributed by atoms with E-state index in [-0.39, 0.29) is 5.91 Å². The van der Waals surface area contributed by atoms with E-state index in [4.69, 9.17) is 4.74 Å². The van der Waals surface area contributed by atoms with Crippen LogP contribution in [0.1, 0.15) is 23.8 Å². The second-order valence-electron chi connectivity index (χ2n) is 5.46. The predicted molar refractivity (Wildman–Crippen MR) is 90.1 cm³/mol. The highest BCUT2D eigenvalue weighted by molar-refractivity contribution is 7.14. The second kappa shape index (κ2) is 7.52. The number of amides is 1. The summed E-state index contributed by atoms with van der Waals surface area (Å²) >= 11 is 1.42. The van der Waals surface area contributed by atoms with E-state index in [1.165, 1.54) is 11.3 Å². The van der Waals surface area contributed by atoms with Crippen molar-refractivity contribution in [3.8, 4) is 0 Å². The number of rotatable bonds is 6. The maximum absolute atomic E-state index is 12.7. The molecule has 2 aromatic heterocycles. The fraction of sp³-hybridized carbons (Fsp3) is 0.438. The largest absolute Gasteiger partial charge is 0.381 e. The van der Waals surface area contributed by atoms with Gasteiger partial charge in [0.25, 0.3) is 5.91 Å². The molecule has 7 heteroatoms. The molecule has 23 heavy (non-hydrogen) atoms. The molecule has 1 atom stereocenters. The lowest BCUT2D eigenvalue weighted by atomic mass is 10.1. The van der Waals surface area contributed by atoms with Gasteiger partial charge in [-0.1, -0.05) is 0 Å². The van der Waals surface area contributed by atoms with Crippen LogP contribution in [0.25, 0.3) is 0 Å². The van der Waals surface area contributed by atoms with Crippen molar-refractivity contribution >= 4 is 27.9 Å². The maximum Gasteiger partial charge on any atom is 0.275 e. The average Bonchev–Trinajstić information content (AvgIpc) is 3.22. The molecule has 1 amide bonds. The maximum atomic E-state index is 12.7. The molecule has 0 saturated carbocycles. The Bertz CT molecular complexity index is 647. The lowest BCUT2D eigenvalue weighted by Crippen LogP contribution is -2.30. The highest BCUT2D eigenvalue weighted by Crippen LogP contribution is 2.27. The molecule has 3 rings (SSSR count). The van der Waals surface area contributed by atoms with E-state index in [1.807, 2.05) is 24.0 Å². The predicted octanol–water partition coefficient (Wildman–Crippen LogP) is 2.78. The van der Waals surface area contributed by atoms with Gasteiger partial charge in [-0.15, -0.1) is 11.3 Å². The highest BCUT2D eigenvalue weighted by Gasteiger charge is 2.29. The molecular formula is C16H20N4O2S. The van der Waals surface area contributed by atoms with Gasteiger partial charge in [0.1, 0.15) is 5.00 Å². The van der Waals surface area contributed by atoms with E-state index >= 15 is 0 Å². The van der Waals surface area contributed by atoms with E-state index in [1.54, 1.807) is 17.9 Å². The van der Waals surface area contributed by atoms with Crippen molar-refractivity contribution in [2.24, 2.45) is 5.92 Å². The Morgan fingerprint density at radius 1 is 1.57 bits per heavy atom. The van der Waals surface area contributed by atoms with Crippen LogP contribution in [0.4, 0.5) is 10.7 Å². The molecule has 3 heterocycles. The number of nitrogens with zero attached hydrogens (tertiary/aromatic N) is 3. The van der Waals surface area contributed by atoms with E-state index in [9.17, 15) is 4.79 Å². The Hall–Kier alpha value is -1.99. The number of aromatic nitrogens is 2. The van der Waals surface area contributed by atoms with Crippen LogP contribution in [0, 0.1) is 5.92 Å². The average molecular weight is 332 g/mol. The first-order chi connectivity index (χ1) is 11.3. The molecule has 2 aromatic rings. The number of hydrogen-bond acceptors (Lipinski definition) is 6. The minimum absolute atomic E-state index is 0.0170. The fourth-order valence-corrected chi connectivity index (χ4v) is 3.33. The molecule has 1 aliphatic heterocycles. The van der Waals surface area contributed by atoms with Crippen molar-refractivity contribution < 1.29 is 9.53 Å². The van der Waals surface area contributed by atoms with Crippen LogP contribution >= 0.6 is 11.3 Å². The monoisotopic (exact) mass is 332 g/mol. The van der Waals surface area contributed by atoms with Crippen molar-refractivity contribution in [3.05, 3.63) is 35.7 Å². The van der Waals surface area contributed by atoms with Crippen molar-refractivity contribution in [1.29, 1.82) is 0 Å². The summed E-state index contributed by atoms with van der Waals surface area (Å²) in [5.41, 5.74) is 3.03. The minimum atomic E-state index is -0.0170. The smallest absolute Gasteiger partial charge is 0.275 e. The molecule has 0 aliphatic carbocycles. The van der Waals surface area contributed by atoms with Crippen LogP contribution in [-0.4, -0.2) is 47.1 Å². The molecule has 0 radical (unpaired) electrons. The molecular weight excluding hydrogens is 312 g/mol. The van der Waals surface area contributed by atoms with Crippen LogP contribution in [-0.2, 0) is 4.74 Å². The van der Waals surface area contributed by atoms with E-state index in [0.29, 0.717) is 11.6 Å². The number of carbonyl (C=O) groups excluding carboxylic acids is 1. The van der Waals surface area contributed by atoms with Crippen LogP contribution in [0.15, 0.2) is 30.0 Å². The van der Waals surface area contributed by atoms with Crippen LogP contribution in [0.3, 0.4) is 0 Å². The van der Waals surface area contributed by atoms with Gasteiger partial charge in [-0.05, 0) is 25.5 Å². The second-order valence-corrected chi connectivity index (χ2v) is 6.32. The van der Waals surface area contributed by atoms with Gasteiger partial charge in [-0.2, -0.15) is 0 Å². The molecule has 6 nitrogen and oxygen atoms in total. The molecule has 0 spiro atoms. The molecule has 1 fully saturated rings. The lowest BCUT2D eigenvalue weighted by molar-refractivity contribution is 0.0759. The number of thiazole rings is 1. The zero-order valence-corrected chi connectivity index (χ0v) is 13.9. The molecule has 0 bridgehead atoms. The summed E-state index contributed by atoms with van der Waals surface area (Å²) < 4.78 is 5.47. The summed E-state index contributed by atoms with van der Waals surface area (Å²) in [7, 11) is 0. The van der Waals surface area contributed by atoms with Crippen molar-refractivity contribution in [1.82, 2.24) is 14.9 Å². The van der Waals surface area contributed by atoms with Gasteiger partial charge >= 0.3 is 0 Å². The molecule has 1 N–H and O–H groups in total. The Morgan fingerprint density at radius 3 is 3.26 bits per heavy atom. The molecule has 0 aromatic carbocycles. The zero-order valence-electron chi connectivity index (χ0n) is 13.1. The van der Waals surface area contributed by atoms with Gasteiger partial charge in [0.15, 0.2) is 5.69 Å². The van der Waals surface area contributed by atoms with Gasteiger partial charge in [0.05, 0.1) is 24.0 Å². The number of likely N-dealkylation sites (tertiary alicyclic amines) is 1. The zero-order chi connectivity index (χ0) is 16.1. The van der Waals surface area contributed by atoms with E-state index in [0.717, 1.165) is 43.4 Å².